The van der Waals surface area contributed by atoms with Crippen molar-refractivity contribution in [3.8, 4) is 11.4 Å². The molecule has 34 heavy (non-hydrogen) atoms. The lowest BCUT2D eigenvalue weighted by Gasteiger charge is -2.22. The largest absolute Gasteiger partial charge is 0.454 e. The van der Waals surface area contributed by atoms with Crippen molar-refractivity contribution < 1.29 is 35.6 Å². The molecule has 3 aromatic rings. The minimum absolute atomic E-state index is 0.0317. The molecular weight excluding hydrogens is 475 g/mol. The van der Waals surface area contributed by atoms with E-state index in [1.165, 1.54) is 24.3 Å². The van der Waals surface area contributed by atoms with Crippen LogP contribution in [0.15, 0.2) is 57.9 Å². The normalized spacial score (nSPS) is 17.1. The molecule has 8 nitrogen and oxygen atoms in total. The van der Waals surface area contributed by atoms with E-state index >= 15 is 0 Å². The third-order valence-electron chi connectivity index (χ3n) is 5.38. The van der Waals surface area contributed by atoms with Crippen molar-refractivity contribution >= 4 is 16.0 Å². The number of rotatable bonds is 6. The molecule has 180 valence electrons. The Bertz CT molecular complexity index is 1270. The number of sulfonamides is 1. The van der Waals surface area contributed by atoms with Gasteiger partial charge in [-0.3, -0.25) is 4.79 Å². The Labute approximate surface area is 193 Å². The van der Waals surface area contributed by atoms with Gasteiger partial charge in [0.25, 0.3) is 5.89 Å². The summed E-state index contributed by atoms with van der Waals surface area (Å²) in [5.74, 6) is -0.791. The number of alkyl halides is 3. The summed E-state index contributed by atoms with van der Waals surface area (Å²) in [5.41, 5.74) is 0.391. The second-order valence-electron chi connectivity index (χ2n) is 7.78. The number of hydrogen-bond donors (Lipinski definition) is 0. The molecule has 0 spiro atoms. The second kappa shape index (κ2) is 9.18. The maximum absolute atomic E-state index is 13.0. The maximum atomic E-state index is 13.0. The van der Waals surface area contributed by atoms with Crippen LogP contribution in [0.5, 0.6) is 0 Å². The molecule has 0 amide bonds. The molecule has 1 aromatic heterocycles. The number of esters is 1. The van der Waals surface area contributed by atoms with E-state index in [2.05, 4.69) is 10.1 Å². The highest BCUT2D eigenvalue weighted by Crippen LogP contribution is 2.31. The van der Waals surface area contributed by atoms with Gasteiger partial charge >= 0.3 is 12.1 Å². The van der Waals surface area contributed by atoms with Crippen LogP contribution in [0.25, 0.3) is 11.4 Å². The summed E-state index contributed by atoms with van der Waals surface area (Å²) in [6.45, 7) is 1.63. The smallest absolute Gasteiger partial charge is 0.416 e. The summed E-state index contributed by atoms with van der Waals surface area (Å²) >= 11 is 0. The predicted molar refractivity (Wildman–Crippen MR) is 113 cm³/mol. The van der Waals surface area contributed by atoms with Crippen molar-refractivity contribution in [1.82, 2.24) is 14.4 Å². The van der Waals surface area contributed by atoms with E-state index in [1.807, 2.05) is 6.92 Å². The standard InChI is InChI=1S/C22H20F3N3O5S/c1-14-4-10-17(11-5-14)34(30,31)28-12-2-3-18(28)21(29)32-13-19-26-20(27-33-19)15-6-8-16(9-7-15)22(23,24)25/h4-11,18H,2-3,12-13H2,1H3/t18-/m0/s1. The molecule has 12 heteroatoms. The zero-order chi connectivity index (χ0) is 24.5. The summed E-state index contributed by atoms with van der Waals surface area (Å²) in [6.07, 6.45) is -3.65. The zero-order valence-corrected chi connectivity index (χ0v) is 18.8. The Kier molecular flexibility index (Phi) is 6.45. The summed E-state index contributed by atoms with van der Waals surface area (Å²) in [4.78, 5) is 16.8. The molecule has 0 saturated carbocycles. The number of hydrogen-bond acceptors (Lipinski definition) is 7. The summed E-state index contributed by atoms with van der Waals surface area (Å²) in [5, 5.41) is 3.69. The first-order valence-electron chi connectivity index (χ1n) is 10.3. The van der Waals surface area contributed by atoms with E-state index in [4.69, 9.17) is 9.26 Å². The highest BCUT2D eigenvalue weighted by molar-refractivity contribution is 7.89. The summed E-state index contributed by atoms with van der Waals surface area (Å²) in [6, 6.07) is 9.57. The van der Waals surface area contributed by atoms with Gasteiger partial charge in [-0.2, -0.15) is 22.5 Å². The molecule has 0 aliphatic carbocycles. The molecule has 0 radical (unpaired) electrons. The molecule has 2 aromatic carbocycles. The van der Waals surface area contributed by atoms with Gasteiger partial charge in [0.1, 0.15) is 6.04 Å². The third-order valence-corrected chi connectivity index (χ3v) is 7.30. The molecule has 0 unspecified atom stereocenters. The van der Waals surface area contributed by atoms with Gasteiger partial charge in [0, 0.05) is 12.1 Å². The average molecular weight is 495 g/mol. The number of benzene rings is 2. The van der Waals surface area contributed by atoms with Crippen LogP contribution in [0.4, 0.5) is 13.2 Å². The minimum Gasteiger partial charge on any atom is -0.454 e. The number of halogens is 3. The molecule has 1 fully saturated rings. The molecule has 2 heterocycles. The molecule has 1 aliphatic heterocycles. The predicted octanol–water partition coefficient (Wildman–Crippen LogP) is 3.96. The molecule has 1 atom stereocenters. The Morgan fingerprint density at radius 1 is 1.15 bits per heavy atom. The fraction of sp³-hybridized carbons (Fsp3) is 0.318. The van der Waals surface area contributed by atoms with E-state index in [0.717, 1.165) is 22.0 Å². The van der Waals surface area contributed by atoms with Crippen LogP contribution in [0.1, 0.15) is 29.9 Å². The van der Waals surface area contributed by atoms with Crippen molar-refractivity contribution in [3.05, 3.63) is 65.5 Å². The van der Waals surface area contributed by atoms with Crippen molar-refractivity contribution in [2.75, 3.05) is 6.54 Å². The first-order valence-corrected chi connectivity index (χ1v) is 11.7. The molecule has 1 aliphatic rings. The van der Waals surface area contributed by atoms with Gasteiger partial charge < -0.3 is 9.26 Å². The Balaban J connectivity index is 1.41. The van der Waals surface area contributed by atoms with Crippen molar-refractivity contribution in [3.63, 3.8) is 0 Å². The highest BCUT2D eigenvalue weighted by Gasteiger charge is 2.40. The Morgan fingerprint density at radius 2 is 1.82 bits per heavy atom. The molecule has 4 rings (SSSR count). The second-order valence-corrected chi connectivity index (χ2v) is 9.67. The van der Waals surface area contributed by atoms with E-state index in [-0.39, 0.29) is 23.2 Å². The first kappa shape index (κ1) is 23.9. The van der Waals surface area contributed by atoms with Gasteiger partial charge in [0.2, 0.25) is 15.8 Å². The van der Waals surface area contributed by atoms with Crippen LogP contribution < -0.4 is 0 Å². The van der Waals surface area contributed by atoms with Crippen LogP contribution >= 0.6 is 0 Å². The molecule has 0 N–H and O–H groups in total. The van der Waals surface area contributed by atoms with E-state index in [1.54, 1.807) is 12.1 Å². The SMILES string of the molecule is Cc1ccc(S(=O)(=O)N2CCC[C@H]2C(=O)OCc2nc(-c3ccc(C(F)(F)F)cc3)no2)cc1. The number of ether oxygens (including phenoxy) is 1. The number of aryl methyl sites for hydroxylation is 1. The van der Waals surface area contributed by atoms with Crippen LogP contribution in [0.2, 0.25) is 0 Å². The van der Waals surface area contributed by atoms with Crippen molar-refractivity contribution in [2.24, 2.45) is 0 Å². The molecule has 1 saturated heterocycles. The third kappa shape index (κ3) is 4.97. The van der Waals surface area contributed by atoms with Gasteiger partial charge in [0.05, 0.1) is 10.5 Å². The van der Waals surface area contributed by atoms with Gasteiger partial charge in [-0.25, -0.2) is 8.42 Å². The van der Waals surface area contributed by atoms with Crippen LogP contribution in [-0.4, -0.2) is 41.4 Å². The van der Waals surface area contributed by atoms with Crippen molar-refractivity contribution in [2.45, 2.75) is 43.5 Å². The summed E-state index contributed by atoms with van der Waals surface area (Å²) in [7, 11) is -3.88. The average Bonchev–Trinajstić information content (AvgIpc) is 3.48. The maximum Gasteiger partial charge on any atom is 0.416 e. The van der Waals surface area contributed by atoms with Gasteiger partial charge in [-0.1, -0.05) is 35.0 Å². The number of nitrogens with zero attached hydrogens (tertiary/aromatic N) is 3. The van der Waals surface area contributed by atoms with E-state index in [9.17, 15) is 26.4 Å². The van der Waals surface area contributed by atoms with Crippen LogP contribution in [-0.2, 0) is 32.3 Å². The molecule has 0 bridgehead atoms. The van der Waals surface area contributed by atoms with E-state index in [0.29, 0.717) is 18.4 Å². The minimum atomic E-state index is -4.46. The first-order chi connectivity index (χ1) is 16.1. The number of aromatic nitrogens is 2. The highest BCUT2D eigenvalue weighted by atomic mass is 32.2. The fourth-order valence-electron chi connectivity index (χ4n) is 3.58. The Hall–Kier alpha value is -3.25. The lowest BCUT2D eigenvalue weighted by atomic mass is 10.1. The van der Waals surface area contributed by atoms with Gasteiger partial charge in [-0.15, -0.1) is 0 Å². The van der Waals surface area contributed by atoms with Crippen LogP contribution in [0, 0.1) is 6.92 Å². The Morgan fingerprint density at radius 3 is 2.47 bits per heavy atom. The van der Waals surface area contributed by atoms with Crippen molar-refractivity contribution in [1.29, 1.82) is 0 Å². The number of carbonyl (C=O) groups is 1. The topological polar surface area (TPSA) is 103 Å². The lowest BCUT2D eigenvalue weighted by molar-refractivity contribution is -0.149. The summed E-state index contributed by atoms with van der Waals surface area (Å²) < 4.78 is 75.4. The van der Waals surface area contributed by atoms with Gasteiger partial charge in [0.15, 0.2) is 6.61 Å². The molecular formula is C22H20F3N3O5S. The number of carbonyl (C=O) groups excluding carboxylic acids is 1. The lowest BCUT2D eigenvalue weighted by Crippen LogP contribution is -2.41. The van der Waals surface area contributed by atoms with Crippen LogP contribution in [0.3, 0.4) is 0 Å². The van der Waals surface area contributed by atoms with E-state index < -0.39 is 40.4 Å². The zero-order valence-electron chi connectivity index (χ0n) is 17.9. The van der Waals surface area contributed by atoms with Gasteiger partial charge in [-0.05, 0) is 44.0 Å². The quantitative estimate of drug-likeness (QED) is 0.477. The fourth-order valence-corrected chi connectivity index (χ4v) is 5.22. The monoisotopic (exact) mass is 495 g/mol.